The van der Waals surface area contributed by atoms with E-state index in [-0.39, 0.29) is 97.0 Å². The second-order valence-corrected chi connectivity index (χ2v) is 163. The Hall–Kier alpha value is 4.93. The number of alkyl halides is 5. The molecule has 0 radical (unpaired) electrons. The van der Waals surface area contributed by atoms with Crippen LogP contribution in [0.4, 0.5) is 0 Å². The number of aryl methyl sites for hydroxylation is 3. The van der Waals surface area contributed by atoms with Gasteiger partial charge >= 0.3 is 216 Å². The summed E-state index contributed by atoms with van der Waals surface area (Å²) in [6.45, 7) is 35.6. The number of nitrogens with zero attached hydrogens (tertiary/aromatic N) is 11. The van der Waals surface area contributed by atoms with Crippen molar-refractivity contribution >= 4 is 235 Å². The maximum absolute atomic E-state index is 13.5. The van der Waals surface area contributed by atoms with Gasteiger partial charge in [0.2, 0.25) is 0 Å². The van der Waals surface area contributed by atoms with Gasteiger partial charge in [0.1, 0.15) is 30.5 Å². The van der Waals surface area contributed by atoms with Crippen LogP contribution in [0, 0.1) is 182 Å². The van der Waals surface area contributed by atoms with E-state index < -0.39 is 22.4 Å². The third-order valence-electron chi connectivity index (χ3n) is 41.4. The zero-order valence-electron chi connectivity index (χ0n) is 86.7. The predicted molar refractivity (Wildman–Crippen MR) is 679 cm³/mol. The van der Waals surface area contributed by atoms with Crippen molar-refractivity contribution in [1.29, 1.82) is 0 Å². The largest absolute Gasteiger partial charge is 0.400 e. The van der Waals surface area contributed by atoms with E-state index in [4.69, 9.17) is 5.11 Å². The Morgan fingerprint density at radius 2 is 0.669 bits per heavy atom. The van der Waals surface area contributed by atoms with Crippen LogP contribution in [0.3, 0.4) is 0 Å². The first-order chi connectivity index (χ1) is 64.2. The quantitative estimate of drug-likeness (QED) is 0.0684. The molecule has 0 spiro atoms. The Morgan fingerprint density at radius 3 is 0.906 bits per heavy atom. The van der Waals surface area contributed by atoms with Gasteiger partial charge in [-0.05, 0) is 466 Å². The molecule has 19 rings (SSSR count). The van der Waals surface area contributed by atoms with Gasteiger partial charge in [-0.2, -0.15) is 10.0 Å². The molecule has 3 aromatic rings. The normalized spacial score (nSPS) is 42.5. The van der Waals surface area contributed by atoms with Gasteiger partial charge in [-0.1, -0.05) is 91.4 Å². The van der Waals surface area contributed by atoms with Crippen molar-refractivity contribution < 1.29 is 44.7 Å². The number of carbonyl (C=O) groups excluding carboxylic acids is 4. The molecule has 16 aliphatic rings. The molecular formula is C105H183BrI12N12O9. The number of Topliss-reactive ketones (excluding diaryl/α,β-unsaturated/α-hetero) is 4. The molecular weight excluding hydrogens is 3180 g/mol. The summed E-state index contributed by atoms with van der Waals surface area (Å²) in [5, 5.41) is 86.9. The number of aliphatic hydroxyl groups excluding tert-OH is 1. The number of aromatic amines is 1. The Kier molecular flexibility index (Phi) is 51.0. The Labute approximate surface area is 955 Å². The van der Waals surface area contributed by atoms with E-state index in [0.29, 0.717) is 121 Å². The fourth-order valence-corrected chi connectivity index (χ4v) is 35.8. The zero-order chi connectivity index (χ0) is 102. The van der Waals surface area contributed by atoms with Crippen LogP contribution in [0.25, 0.3) is 0 Å². The Morgan fingerprint density at radius 1 is 0.381 bits per heavy atom. The van der Waals surface area contributed by atoms with E-state index in [1.54, 1.807) is 11.6 Å². The standard InChI is InChI=1S/2C25H40N4O2.C23H37BrO2.C23H38O2.C2H4N4.4CH3I3.CH4O.2CH4/c1-5-25-11-10-19-18(7-6-17-14-23(3,31)12-13-24(17,19)4)20(25)8-9-21(25)22(30)15-29-16(2)26-27-28-29;1-5-25-11-10-19-18(7-6-17-14-23(3,31)12-13-24(17,19)4)20(25)8-9-21(25)22(30)15-29-27-16(2)26-28-29;1-4-23-10-9-17-16(18(23)7-8-19(23)20(25)14-24)6-5-15-13-21(2,26)11-12-22(15,17)3;1-5-23-11-10-19-17(20(23)9-8-18(23)15(2)24)7-6-16-14-21(3,25)12-13-22(16,19)4;1-2-3-5-6-4-2;4*1-4(2)3;1-2;;/h2*17-21,31H,5-15H2,1-4H3;15-19,26H,4-14H2,1-3H3;16-20,25H,5-14H2,1-4H3;1H3,(H,3,4,5,6);4*1H3;2H,1H3;2*1H4/t2*17-,18-,19+,20+,21-,23-,24+,25+;15-,16-,17+,18+,19-,21-,22+,23+;16-,17-,18-,19+,20+,21-,22+,23-;;;;;;;;/m1111......../s1. The SMILES string of the molecule is C.C.CC[C@]12CC[C@H]3[C@@H](CC[C@@H]4C[C@](C)(O)CC[C@@]43C)[C@@H]1CC[C@@H]2C(=O)CBr.CC[C@]12CC[C@H]3[C@@H](CC[C@@H]4C[C@](C)(O)CC[C@@]43C)[C@@H]1CC[C@@H]2C(=O)Cn1nnc(C)n1.CC[C@]12CC[C@H]3[C@@H](CC[C@@H]4C[C@](C)(O)CC[C@@]43C)[C@@H]1CC[C@@H]2C(=O)Cn1nnnc1C.CC[C@]12CC[C@H]3[C@@H](CC[C@@H]4C[C@](C)(O)CC[C@@]43C)[C@@H]1CC[C@@H]2C(C)=O.CI(I)I.CI(I)I.CI(I)I.CI(I)I.CO.Cc1nn[nH]n1. The van der Waals surface area contributed by atoms with Crippen molar-refractivity contribution in [1.82, 2.24) is 61.0 Å². The molecule has 139 heavy (non-hydrogen) atoms. The van der Waals surface area contributed by atoms with Gasteiger partial charge in [-0.3, -0.25) is 19.2 Å². The third kappa shape index (κ3) is 29.7. The summed E-state index contributed by atoms with van der Waals surface area (Å²) in [6, 6.07) is 0. The molecule has 0 amide bonds. The minimum atomic E-state index is -0.475. The molecule has 808 valence electrons. The summed E-state index contributed by atoms with van der Waals surface area (Å²) in [7, 11) is 1.00. The van der Waals surface area contributed by atoms with Crippen molar-refractivity contribution in [3.63, 3.8) is 0 Å². The van der Waals surface area contributed by atoms with E-state index in [1.165, 1.54) is 165 Å². The predicted octanol–water partition coefficient (Wildman–Crippen LogP) is 31.5. The first kappa shape index (κ1) is 129. The van der Waals surface area contributed by atoms with E-state index in [2.05, 4.69) is 305 Å². The van der Waals surface area contributed by atoms with Gasteiger partial charge in [0, 0.05) is 30.8 Å². The van der Waals surface area contributed by atoms with E-state index >= 15 is 0 Å². The molecule has 21 nitrogen and oxygen atoms in total. The molecule has 0 bridgehead atoms. The molecule has 0 unspecified atom stereocenters. The fraction of sp³-hybridized carbons (Fsp3) is 0.933. The number of ketones is 4. The van der Waals surface area contributed by atoms with Crippen LogP contribution in [-0.4, -0.2) is 164 Å². The van der Waals surface area contributed by atoms with E-state index in [9.17, 15) is 39.6 Å². The Balaban J connectivity index is 0.000000210. The van der Waals surface area contributed by atoms with Crippen LogP contribution in [0.1, 0.15) is 379 Å². The minimum Gasteiger partial charge on any atom is -0.400 e. The summed E-state index contributed by atoms with van der Waals surface area (Å²) < 4.78 is 1.67. The number of carbonyl (C=O) groups is 4. The van der Waals surface area contributed by atoms with E-state index in [0.717, 1.165) is 168 Å². The maximum atomic E-state index is 13.5. The molecule has 34 heteroatoms. The molecule has 6 N–H and O–H groups in total. The van der Waals surface area contributed by atoms with Crippen molar-refractivity contribution in [3.8, 4) is 0 Å². The topological polar surface area (TPSA) is 311 Å². The second-order valence-electron chi connectivity index (χ2n) is 47.7. The van der Waals surface area contributed by atoms with Gasteiger partial charge in [-0.15, -0.1) is 25.5 Å². The second kappa shape index (κ2) is 54.9. The number of rotatable bonds is 13. The van der Waals surface area contributed by atoms with Crippen molar-refractivity contribution in [2.24, 2.45) is 162 Å². The number of nitrogens with one attached hydrogen (secondary N) is 1. The molecule has 3 heterocycles. The number of halogens is 13. The van der Waals surface area contributed by atoms with Gasteiger partial charge in [0.25, 0.3) is 0 Å². The molecule has 3 aromatic heterocycles. The molecule has 16 saturated carbocycles. The molecule has 16 fully saturated rings. The van der Waals surface area contributed by atoms with Crippen LogP contribution < -0.4 is 0 Å². The van der Waals surface area contributed by atoms with Crippen LogP contribution in [0.5, 0.6) is 0 Å². The smallest absolute Gasteiger partial charge is 0.171 e. The summed E-state index contributed by atoms with van der Waals surface area (Å²) >= 11 is 22.1. The van der Waals surface area contributed by atoms with Crippen molar-refractivity contribution in [3.05, 3.63) is 17.5 Å². The van der Waals surface area contributed by atoms with Gasteiger partial charge in [0.05, 0.1) is 27.7 Å². The van der Waals surface area contributed by atoms with Crippen LogP contribution in [-0.2, 0) is 32.3 Å². The van der Waals surface area contributed by atoms with Crippen LogP contribution >= 0.6 is 212 Å². The van der Waals surface area contributed by atoms with Crippen LogP contribution in [0.2, 0.25) is 0 Å². The number of H-pyrrole nitrogens is 1. The summed E-state index contributed by atoms with van der Waals surface area (Å²) in [4.78, 5) is 62.6. The summed E-state index contributed by atoms with van der Waals surface area (Å²) in [6.07, 6.45) is 46.9. The van der Waals surface area contributed by atoms with Gasteiger partial charge in [0.15, 0.2) is 23.2 Å². The average Bonchev–Trinajstić information content (AvgIpc) is 1.66. The Bertz CT molecular complexity index is 4310. The molecule has 0 saturated heterocycles. The number of hydrogen-bond donors (Lipinski definition) is 6. The van der Waals surface area contributed by atoms with Crippen molar-refractivity contribution in [2.75, 3.05) is 32.2 Å². The zero-order valence-corrected chi connectivity index (χ0v) is 114. The van der Waals surface area contributed by atoms with Crippen molar-refractivity contribution in [2.45, 2.75) is 418 Å². The van der Waals surface area contributed by atoms with Crippen LogP contribution in [0.15, 0.2) is 0 Å². The molecule has 0 aromatic carbocycles. The number of aromatic nitrogens is 12. The molecule has 16 aliphatic carbocycles. The third-order valence-corrected chi connectivity index (χ3v) is 42.0. The van der Waals surface area contributed by atoms with Gasteiger partial charge in [-0.25, -0.2) is 4.68 Å². The first-order valence-electron chi connectivity index (χ1n) is 52.1. The number of aliphatic hydroxyl groups is 5. The maximum Gasteiger partial charge on any atom is 0.171 e. The first-order valence-corrected chi connectivity index (χ1v) is 112. The summed E-state index contributed by atoms with van der Waals surface area (Å²) in [5.41, 5.74) is 0.696. The molecule has 0 aliphatic heterocycles. The number of tetrazole rings is 3. The average molecular weight is 3360 g/mol. The minimum absolute atomic E-state index is 0. The summed E-state index contributed by atoms with van der Waals surface area (Å²) in [5.74, 6) is 16.5. The van der Waals surface area contributed by atoms with E-state index in [1.807, 2.05) is 34.6 Å². The monoisotopic (exact) mass is 3360 g/mol. The fourth-order valence-electron chi connectivity index (χ4n) is 35.4. The number of fused-ring (bicyclic) bond motifs is 20. The number of hydrogen-bond acceptors (Lipinski definition) is 18. The molecule has 32 atom stereocenters. The van der Waals surface area contributed by atoms with Gasteiger partial charge < -0.3 is 25.5 Å².